The molecule has 0 unspecified atom stereocenters. The lowest BCUT2D eigenvalue weighted by Crippen LogP contribution is -2.08. The van der Waals surface area contributed by atoms with Gasteiger partial charge >= 0.3 is 6.00 Å². The molecular weight excluding hydrogens is 243 g/mol. The Balaban J connectivity index is 2.29. The highest BCUT2D eigenvalue weighted by atomic mass is 35.8. The van der Waals surface area contributed by atoms with Gasteiger partial charge in [-0.1, -0.05) is 30.3 Å². The average molecular weight is 254 g/mol. The third-order valence-corrected chi connectivity index (χ3v) is 4.39. The first kappa shape index (κ1) is 11.4. The lowest BCUT2D eigenvalue weighted by Gasteiger charge is -2.06. The van der Waals surface area contributed by atoms with Gasteiger partial charge in [-0.25, -0.2) is 0 Å². The minimum atomic E-state index is -2.39. The maximum atomic E-state index is 5.77. The minimum Gasteiger partial charge on any atom is -0.126 e. The van der Waals surface area contributed by atoms with E-state index in [-0.39, 0.29) is 0 Å². The van der Waals surface area contributed by atoms with Gasteiger partial charge in [-0.2, -0.15) is 0 Å². The van der Waals surface area contributed by atoms with Gasteiger partial charge < -0.3 is 0 Å². The molecule has 1 aromatic rings. The van der Waals surface area contributed by atoms with Crippen LogP contribution in [0.5, 0.6) is 0 Å². The molecular formula is C9H11Cl3Si. The molecule has 0 bridgehead atoms. The molecule has 13 heavy (non-hydrogen) atoms. The molecule has 4 heteroatoms. The first-order valence-electron chi connectivity index (χ1n) is 4.18. The van der Waals surface area contributed by atoms with Gasteiger partial charge in [0.1, 0.15) is 0 Å². The number of aryl methyl sites for hydroxylation is 1. The Morgan fingerprint density at radius 1 is 1.00 bits per heavy atom. The summed E-state index contributed by atoms with van der Waals surface area (Å²) >= 11 is 17.3. The van der Waals surface area contributed by atoms with Gasteiger partial charge in [0, 0.05) is 0 Å². The summed E-state index contributed by atoms with van der Waals surface area (Å²) in [5.74, 6) is 0. The fourth-order valence-corrected chi connectivity index (χ4v) is 2.92. The van der Waals surface area contributed by atoms with E-state index in [0.29, 0.717) is 0 Å². The number of hydrogen-bond acceptors (Lipinski definition) is 0. The molecule has 0 aliphatic rings. The third-order valence-electron chi connectivity index (χ3n) is 1.77. The summed E-state index contributed by atoms with van der Waals surface area (Å²) in [6.07, 6.45) is 1.97. The molecule has 0 heterocycles. The number of halogens is 3. The minimum absolute atomic E-state index is 0.743. The van der Waals surface area contributed by atoms with Crippen LogP contribution in [0.4, 0.5) is 0 Å². The highest BCUT2D eigenvalue weighted by Gasteiger charge is 2.23. The van der Waals surface area contributed by atoms with E-state index in [1.807, 2.05) is 18.2 Å². The standard InChI is InChI=1S/C9H11Cl3Si/c10-13(11,12)8-4-7-9-5-2-1-3-6-9/h1-3,5-6H,4,7-8H2. The third kappa shape index (κ3) is 5.58. The predicted octanol–water partition coefficient (Wildman–Crippen LogP) is 4.27. The average Bonchev–Trinajstić information content (AvgIpc) is 2.04. The molecule has 0 aliphatic heterocycles. The van der Waals surface area contributed by atoms with Crippen LogP contribution in [0.1, 0.15) is 12.0 Å². The highest BCUT2D eigenvalue weighted by molar-refractivity contribution is 7.64. The molecule has 0 radical (unpaired) electrons. The summed E-state index contributed by atoms with van der Waals surface area (Å²) in [6.45, 7) is 0. The summed E-state index contributed by atoms with van der Waals surface area (Å²) < 4.78 is 0. The predicted molar refractivity (Wildman–Crippen MR) is 62.9 cm³/mol. The van der Waals surface area contributed by atoms with Gasteiger partial charge in [-0.05, 0) is 24.4 Å². The molecule has 0 aromatic heterocycles. The van der Waals surface area contributed by atoms with Crippen molar-refractivity contribution in [2.45, 2.75) is 18.9 Å². The van der Waals surface area contributed by atoms with E-state index < -0.39 is 6.00 Å². The van der Waals surface area contributed by atoms with E-state index in [1.54, 1.807) is 0 Å². The molecule has 0 atom stereocenters. The molecule has 0 saturated heterocycles. The number of hydrogen-bond donors (Lipinski definition) is 0. The highest BCUT2D eigenvalue weighted by Crippen LogP contribution is 2.27. The second-order valence-electron chi connectivity index (χ2n) is 2.95. The van der Waals surface area contributed by atoms with Crippen molar-refractivity contribution in [2.24, 2.45) is 0 Å². The summed E-state index contributed by atoms with van der Waals surface area (Å²) in [6, 6.07) is 8.61. The van der Waals surface area contributed by atoms with Gasteiger partial charge in [0.15, 0.2) is 0 Å². The Bertz CT molecular complexity index is 243. The SMILES string of the molecule is Cl[Si](Cl)(Cl)CCCc1ccccc1. The van der Waals surface area contributed by atoms with Crippen molar-refractivity contribution in [3.63, 3.8) is 0 Å². The Hall–Kier alpha value is 0.307. The molecule has 72 valence electrons. The zero-order chi connectivity index (χ0) is 9.73. The summed E-state index contributed by atoms with van der Waals surface area (Å²) in [5.41, 5.74) is 1.31. The van der Waals surface area contributed by atoms with Crippen molar-refractivity contribution < 1.29 is 0 Å². The lowest BCUT2D eigenvalue weighted by atomic mass is 10.1. The van der Waals surface area contributed by atoms with Crippen LogP contribution >= 0.6 is 33.2 Å². The Labute approximate surface area is 93.9 Å². The molecule has 0 nitrogen and oxygen atoms in total. The molecule has 0 aliphatic carbocycles. The Morgan fingerprint density at radius 2 is 1.62 bits per heavy atom. The Kier molecular flexibility index (Phi) is 4.60. The van der Waals surface area contributed by atoms with Gasteiger partial charge in [0.25, 0.3) is 0 Å². The van der Waals surface area contributed by atoms with Crippen LogP contribution < -0.4 is 0 Å². The quantitative estimate of drug-likeness (QED) is 0.555. The van der Waals surface area contributed by atoms with Crippen LogP contribution in [0, 0.1) is 0 Å². The maximum absolute atomic E-state index is 5.77. The van der Waals surface area contributed by atoms with E-state index in [9.17, 15) is 0 Å². The zero-order valence-corrected chi connectivity index (χ0v) is 10.4. The van der Waals surface area contributed by atoms with Crippen molar-refractivity contribution in [1.82, 2.24) is 0 Å². The molecule has 0 spiro atoms. The summed E-state index contributed by atoms with van der Waals surface area (Å²) in [7, 11) is 0. The Morgan fingerprint density at radius 3 is 2.15 bits per heavy atom. The first-order valence-corrected chi connectivity index (χ1v) is 9.43. The van der Waals surface area contributed by atoms with Gasteiger partial charge in [-0.3, -0.25) is 0 Å². The van der Waals surface area contributed by atoms with Gasteiger partial charge in [0.05, 0.1) is 0 Å². The van der Waals surface area contributed by atoms with Crippen LogP contribution in [-0.2, 0) is 6.42 Å². The van der Waals surface area contributed by atoms with Crippen molar-refractivity contribution in [3.05, 3.63) is 35.9 Å². The second kappa shape index (κ2) is 5.25. The van der Waals surface area contributed by atoms with Crippen molar-refractivity contribution >= 4 is 39.2 Å². The molecule has 0 N–H and O–H groups in total. The van der Waals surface area contributed by atoms with E-state index in [1.165, 1.54) is 5.56 Å². The van der Waals surface area contributed by atoms with Crippen LogP contribution in [0.25, 0.3) is 0 Å². The lowest BCUT2D eigenvalue weighted by molar-refractivity contribution is 0.915. The number of rotatable bonds is 4. The second-order valence-corrected chi connectivity index (χ2v) is 12.2. The smallest absolute Gasteiger partial charge is 0.126 e. The number of benzene rings is 1. The van der Waals surface area contributed by atoms with Crippen molar-refractivity contribution in [2.75, 3.05) is 0 Å². The normalized spacial score (nSPS) is 11.6. The van der Waals surface area contributed by atoms with Crippen molar-refractivity contribution in [1.29, 1.82) is 0 Å². The van der Waals surface area contributed by atoms with E-state index in [0.717, 1.165) is 18.9 Å². The van der Waals surface area contributed by atoms with Crippen molar-refractivity contribution in [3.8, 4) is 0 Å². The van der Waals surface area contributed by atoms with Gasteiger partial charge in [-0.15, -0.1) is 33.2 Å². The fraction of sp³-hybridized carbons (Fsp3) is 0.333. The van der Waals surface area contributed by atoms with E-state index >= 15 is 0 Å². The van der Waals surface area contributed by atoms with Crippen LogP contribution in [-0.4, -0.2) is 6.00 Å². The molecule has 0 fully saturated rings. The summed E-state index contributed by atoms with van der Waals surface area (Å²) in [5, 5.41) is 0. The largest absolute Gasteiger partial charge is 0.341 e. The molecule has 0 amide bonds. The monoisotopic (exact) mass is 252 g/mol. The summed E-state index contributed by atoms with van der Waals surface area (Å²) in [4.78, 5) is 0. The van der Waals surface area contributed by atoms with Gasteiger partial charge in [0.2, 0.25) is 0 Å². The zero-order valence-electron chi connectivity index (χ0n) is 7.14. The molecule has 0 saturated carbocycles. The van der Waals surface area contributed by atoms with Crippen LogP contribution in [0.15, 0.2) is 30.3 Å². The van der Waals surface area contributed by atoms with E-state index in [2.05, 4.69) is 12.1 Å². The van der Waals surface area contributed by atoms with Crippen LogP contribution in [0.3, 0.4) is 0 Å². The fourth-order valence-electron chi connectivity index (χ4n) is 1.14. The van der Waals surface area contributed by atoms with E-state index in [4.69, 9.17) is 33.2 Å². The maximum Gasteiger partial charge on any atom is 0.341 e. The van der Waals surface area contributed by atoms with Crippen LogP contribution in [0.2, 0.25) is 6.04 Å². The first-order chi connectivity index (χ1) is 6.08. The topological polar surface area (TPSA) is 0 Å². The molecule has 1 aromatic carbocycles. The molecule has 1 rings (SSSR count).